The Morgan fingerprint density at radius 1 is 0.424 bits per heavy atom. The molecular weight excluding hydrogens is 396 g/mol. The molecule has 194 valence electrons. The van der Waals surface area contributed by atoms with Gasteiger partial charge in [0.2, 0.25) is 0 Å². The van der Waals surface area contributed by atoms with Gasteiger partial charge in [-0.3, -0.25) is 0 Å². The smallest absolute Gasteiger partial charge is 0.0357 e. The standard InChI is InChI=1S/C33H62/c1-2-3-4-5-6-7-8-9-12-20-29(30-26-19-27-30)21-13-11-16-28-33(32-24-17-18-25-32)31-22-14-10-15-23-31/h29-33H,2-28H2,1H3. The first kappa shape index (κ1) is 27.6. The molecule has 0 N–H and O–H groups in total. The maximum absolute atomic E-state index is 2.32. The second kappa shape index (κ2) is 17.4. The molecule has 0 saturated heterocycles. The number of unbranched alkanes of at least 4 members (excludes halogenated alkanes) is 10. The molecule has 0 aromatic heterocycles. The first-order chi connectivity index (χ1) is 16.4. The lowest BCUT2D eigenvalue weighted by Crippen LogP contribution is -2.24. The van der Waals surface area contributed by atoms with Gasteiger partial charge in [0, 0.05) is 0 Å². The van der Waals surface area contributed by atoms with Gasteiger partial charge in [-0.05, 0) is 36.0 Å². The van der Waals surface area contributed by atoms with Crippen LogP contribution in [0.15, 0.2) is 0 Å². The zero-order chi connectivity index (χ0) is 23.0. The predicted molar refractivity (Wildman–Crippen MR) is 148 cm³/mol. The van der Waals surface area contributed by atoms with Crippen molar-refractivity contribution < 1.29 is 0 Å². The maximum atomic E-state index is 2.32. The third-order valence-electron chi connectivity index (χ3n) is 10.4. The molecule has 0 heteroatoms. The van der Waals surface area contributed by atoms with Gasteiger partial charge in [0.15, 0.2) is 0 Å². The van der Waals surface area contributed by atoms with Crippen molar-refractivity contribution in [1.82, 2.24) is 0 Å². The van der Waals surface area contributed by atoms with Crippen LogP contribution in [0.3, 0.4) is 0 Å². The minimum Gasteiger partial charge on any atom is -0.0654 e. The average molecular weight is 459 g/mol. The van der Waals surface area contributed by atoms with Gasteiger partial charge in [0.25, 0.3) is 0 Å². The highest BCUT2D eigenvalue weighted by Gasteiger charge is 2.32. The molecule has 3 saturated carbocycles. The third-order valence-corrected chi connectivity index (χ3v) is 10.4. The van der Waals surface area contributed by atoms with Crippen LogP contribution in [0.5, 0.6) is 0 Å². The molecule has 3 fully saturated rings. The Balaban J connectivity index is 1.26. The van der Waals surface area contributed by atoms with Crippen LogP contribution >= 0.6 is 0 Å². The second-order valence-electron chi connectivity index (χ2n) is 12.8. The van der Waals surface area contributed by atoms with Crippen molar-refractivity contribution in [2.24, 2.45) is 29.6 Å². The predicted octanol–water partition coefficient (Wildman–Crippen LogP) is 11.7. The zero-order valence-electron chi connectivity index (χ0n) is 23.0. The minimum atomic E-state index is 1.09. The SMILES string of the molecule is CCCCCCCCCCCC(CCCCCC(C1CCCCC1)C1CCCC1)C1CCC1. The quantitative estimate of drug-likeness (QED) is 0.169. The van der Waals surface area contributed by atoms with Crippen LogP contribution in [0.1, 0.15) is 180 Å². The van der Waals surface area contributed by atoms with Crippen molar-refractivity contribution in [1.29, 1.82) is 0 Å². The fourth-order valence-corrected chi connectivity index (χ4v) is 8.01. The molecule has 0 aromatic rings. The van der Waals surface area contributed by atoms with E-state index >= 15 is 0 Å². The molecule has 0 spiro atoms. The van der Waals surface area contributed by atoms with Crippen molar-refractivity contribution in [2.75, 3.05) is 0 Å². The summed E-state index contributed by atoms with van der Waals surface area (Å²) < 4.78 is 0. The number of hydrogen-bond donors (Lipinski definition) is 0. The molecule has 2 atom stereocenters. The van der Waals surface area contributed by atoms with Crippen LogP contribution in [0, 0.1) is 29.6 Å². The van der Waals surface area contributed by atoms with Crippen molar-refractivity contribution in [2.45, 2.75) is 180 Å². The summed E-state index contributed by atoms with van der Waals surface area (Å²) in [6.07, 6.45) is 41.3. The van der Waals surface area contributed by atoms with E-state index in [2.05, 4.69) is 6.92 Å². The van der Waals surface area contributed by atoms with E-state index in [9.17, 15) is 0 Å². The molecule has 2 unspecified atom stereocenters. The van der Waals surface area contributed by atoms with Crippen LogP contribution < -0.4 is 0 Å². The first-order valence-electron chi connectivity index (χ1n) is 16.4. The second-order valence-corrected chi connectivity index (χ2v) is 12.8. The fourth-order valence-electron chi connectivity index (χ4n) is 8.01. The summed E-state index contributed by atoms with van der Waals surface area (Å²) in [6.45, 7) is 2.32. The molecule has 0 nitrogen and oxygen atoms in total. The van der Waals surface area contributed by atoms with E-state index in [1.807, 2.05) is 0 Å². The minimum absolute atomic E-state index is 1.09. The Hall–Kier alpha value is 0. The van der Waals surface area contributed by atoms with Gasteiger partial charge in [0.05, 0.1) is 0 Å². The number of hydrogen-bond acceptors (Lipinski definition) is 0. The molecule has 0 heterocycles. The van der Waals surface area contributed by atoms with E-state index in [-0.39, 0.29) is 0 Å². The molecule has 0 aliphatic heterocycles. The maximum Gasteiger partial charge on any atom is -0.0357 e. The highest BCUT2D eigenvalue weighted by molar-refractivity contribution is 4.83. The summed E-state index contributed by atoms with van der Waals surface area (Å²) in [6, 6.07) is 0. The lowest BCUT2D eigenvalue weighted by molar-refractivity contribution is 0.160. The topological polar surface area (TPSA) is 0 Å². The van der Waals surface area contributed by atoms with Gasteiger partial charge < -0.3 is 0 Å². The van der Waals surface area contributed by atoms with Gasteiger partial charge in [-0.15, -0.1) is 0 Å². The van der Waals surface area contributed by atoms with Gasteiger partial charge in [-0.2, -0.15) is 0 Å². The molecule has 3 aliphatic carbocycles. The Kier molecular flexibility index (Phi) is 14.6. The van der Waals surface area contributed by atoms with Crippen LogP contribution in [-0.2, 0) is 0 Å². The summed E-state index contributed by atoms with van der Waals surface area (Å²) in [5.74, 6) is 5.54. The molecular formula is C33H62. The summed E-state index contributed by atoms with van der Waals surface area (Å²) in [5.41, 5.74) is 0. The molecule has 0 radical (unpaired) electrons. The van der Waals surface area contributed by atoms with Gasteiger partial charge in [-0.25, -0.2) is 0 Å². The third kappa shape index (κ3) is 10.7. The molecule has 3 rings (SSSR count). The summed E-state index contributed by atoms with van der Waals surface area (Å²) in [7, 11) is 0. The summed E-state index contributed by atoms with van der Waals surface area (Å²) in [4.78, 5) is 0. The fraction of sp³-hybridized carbons (Fsp3) is 1.00. The lowest BCUT2D eigenvalue weighted by atomic mass is 9.71. The Bertz CT molecular complexity index is 437. The van der Waals surface area contributed by atoms with Crippen LogP contribution in [0.4, 0.5) is 0 Å². The van der Waals surface area contributed by atoms with Gasteiger partial charge >= 0.3 is 0 Å². The van der Waals surface area contributed by atoms with Crippen LogP contribution in [0.2, 0.25) is 0 Å². The van der Waals surface area contributed by atoms with E-state index < -0.39 is 0 Å². The number of rotatable bonds is 19. The van der Waals surface area contributed by atoms with E-state index in [1.165, 1.54) is 103 Å². The summed E-state index contributed by atoms with van der Waals surface area (Å²) in [5, 5.41) is 0. The van der Waals surface area contributed by atoms with E-state index in [0.29, 0.717) is 0 Å². The van der Waals surface area contributed by atoms with Gasteiger partial charge in [-0.1, -0.05) is 174 Å². The molecule has 0 bridgehead atoms. The van der Waals surface area contributed by atoms with E-state index in [4.69, 9.17) is 0 Å². The van der Waals surface area contributed by atoms with Crippen molar-refractivity contribution in [3.63, 3.8) is 0 Å². The zero-order valence-corrected chi connectivity index (χ0v) is 23.0. The van der Waals surface area contributed by atoms with Crippen LogP contribution in [0.25, 0.3) is 0 Å². The molecule has 0 amide bonds. The van der Waals surface area contributed by atoms with Crippen molar-refractivity contribution >= 4 is 0 Å². The van der Waals surface area contributed by atoms with Gasteiger partial charge in [0.1, 0.15) is 0 Å². The Morgan fingerprint density at radius 3 is 1.36 bits per heavy atom. The van der Waals surface area contributed by atoms with Crippen molar-refractivity contribution in [3.05, 3.63) is 0 Å². The van der Waals surface area contributed by atoms with E-state index in [1.54, 1.807) is 70.6 Å². The van der Waals surface area contributed by atoms with E-state index in [0.717, 1.165) is 29.6 Å². The largest absolute Gasteiger partial charge is 0.0654 e. The van der Waals surface area contributed by atoms with Crippen molar-refractivity contribution in [3.8, 4) is 0 Å². The monoisotopic (exact) mass is 458 g/mol. The Morgan fingerprint density at radius 2 is 0.848 bits per heavy atom. The van der Waals surface area contributed by atoms with Crippen LogP contribution in [-0.4, -0.2) is 0 Å². The summed E-state index contributed by atoms with van der Waals surface area (Å²) >= 11 is 0. The Labute approximate surface area is 209 Å². The lowest BCUT2D eigenvalue weighted by Gasteiger charge is -2.35. The normalized spacial score (nSPS) is 22.5. The molecule has 0 aromatic carbocycles. The molecule has 33 heavy (non-hydrogen) atoms. The first-order valence-corrected chi connectivity index (χ1v) is 16.4. The highest BCUT2D eigenvalue weighted by atomic mass is 14.4. The molecule has 3 aliphatic rings. The highest BCUT2D eigenvalue weighted by Crippen LogP contribution is 2.43. The average Bonchev–Trinajstić information content (AvgIpc) is 3.34.